The minimum Gasteiger partial charge on any atom is -0.507 e. The Kier molecular flexibility index (Phi) is 5.73. The molecule has 0 radical (unpaired) electrons. The van der Waals surface area contributed by atoms with Crippen molar-refractivity contribution in [3.8, 4) is 27.4 Å². The van der Waals surface area contributed by atoms with Gasteiger partial charge in [0.15, 0.2) is 14.8 Å². The van der Waals surface area contributed by atoms with Crippen molar-refractivity contribution in [2.45, 2.75) is 18.9 Å². The molecule has 0 amide bonds. The van der Waals surface area contributed by atoms with E-state index in [4.69, 9.17) is 9.97 Å². The Labute approximate surface area is 182 Å². The van der Waals surface area contributed by atoms with Crippen molar-refractivity contribution in [1.29, 1.82) is 0 Å². The smallest absolute Gasteiger partial charge is 0.188 e. The van der Waals surface area contributed by atoms with Gasteiger partial charge >= 0.3 is 0 Å². The molecule has 1 fully saturated rings. The number of benzene rings is 1. The molecule has 1 aliphatic heterocycles. The molecule has 1 aliphatic rings. The van der Waals surface area contributed by atoms with Gasteiger partial charge in [0.1, 0.15) is 10.8 Å². The predicted octanol–water partition coefficient (Wildman–Crippen LogP) is 4.13. The third-order valence-electron chi connectivity index (χ3n) is 5.18. The van der Waals surface area contributed by atoms with Crippen LogP contribution in [0.25, 0.3) is 31.4 Å². The van der Waals surface area contributed by atoms with Crippen molar-refractivity contribution in [2.75, 3.05) is 25.0 Å². The number of fused-ring (bicyclic) bond motifs is 1. The van der Waals surface area contributed by atoms with Gasteiger partial charge in [-0.2, -0.15) is 5.10 Å². The summed E-state index contributed by atoms with van der Waals surface area (Å²) in [6, 6.07) is 6.15. The number of piperidine rings is 1. The van der Waals surface area contributed by atoms with Crippen LogP contribution in [-0.4, -0.2) is 51.5 Å². The van der Waals surface area contributed by atoms with Crippen molar-refractivity contribution < 1.29 is 5.11 Å². The highest BCUT2D eigenvalue weighted by Crippen LogP contribution is 2.40. The van der Waals surface area contributed by atoms with Crippen molar-refractivity contribution in [3.63, 3.8) is 0 Å². The molecule has 0 atom stereocenters. The Balaban J connectivity index is 0.00000205. The summed E-state index contributed by atoms with van der Waals surface area (Å²) >= 11 is 3.14. The fourth-order valence-corrected chi connectivity index (χ4v) is 5.65. The van der Waals surface area contributed by atoms with Crippen LogP contribution in [0.3, 0.4) is 0 Å². The van der Waals surface area contributed by atoms with Gasteiger partial charge in [0, 0.05) is 24.8 Å². The number of nitrogens with one attached hydrogen (secondary N) is 2. The lowest BCUT2D eigenvalue weighted by Gasteiger charge is -2.31. The molecule has 3 aromatic heterocycles. The highest BCUT2D eigenvalue weighted by Gasteiger charge is 2.22. The number of halogens is 1. The summed E-state index contributed by atoms with van der Waals surface area (Å²) < 4.78 is 0. The first-order valence-electron chi connectivity index (χ1n) is 9.22. The molecule has 0 spiro atoms. The number of rotatable bonds is 4. The summed E-state index contributed by atoms with van der Waals surface area (Å²) in [6.45, 7) is 2.12. The second kappa shape index (κ2) is 8.27. The SMILES string of the molecule is CN(c1nc2sc(-c3ccc(-c4cn[nH]c4)cc3O)nc2s1)C1CCNCC1.Cl. The van der Waals surface area contributed by atoms with Gasteiger partial charge in [-0.05, 0) is 43.6 Å². The molecule has 0 aliphatic carbocycles. The highest BCUT2D eigenvalue weighted by molar-refractivity contribution is 7.29. The Hall–Kier alpha value is -2.20. The van der Waals surface area contributed by atoms with Crippen LogP contribution >= 0.6 is 35.1 Å². The summed E-state index contributed by atoms with van der Waals surface area (Å²) in [7, 11) is 2.12. The Morgan fingerprint density at radius 3 is 2.59 bits per heavy atom. The van der Waals surface area contributed by atoms with E-state index in [1.54, 1.807) is 29.8 Å². The standard InChI is InChI=1S/C19H20N6OS2.ClH/c1-25(13-4-6-20-7-5-13)19-24-18-17(28-19)23-16(27-18)14-3-2-11(8-15(14)26)12-9-21-22-10-12;/h2-3,8-10,13,20,26H,4-7H2,1H3,(H,21,22);1H. The fraction of sp³-hybridized carbons (Fsp3) is 0.316. The van der Waals surface area contributed by atoms with Crippen LogP contribution in [0.5, 0.6) is 5.75 Å². The molecular weight excluding hydrogens is 428 g/mol. The Morgan fingerprint density at radius 2 is 1.90 bits per heavy atom. The van der Waals surface area contributed by atoms with Crippen molar-refractivity contribution >= 4 is 49.9 Å². The summed E-state index contributed by atoms with van der Waals surface area (Å²) in [6.07, 6.45) is 5.81. The molecule has 29 heavy (non-hydrogen) atoms. The largest absolute Gasteiger partial charge is 0.507 e. The van der Waals surface area contributed by atoms with Crippen LogP contribution in [0.2, 0.25) is 0 Å². The van der Waals surface area contributed by atoms with E-state index in [2.05, 4.69) is 27.5 Å². The summed E-state index contributed by atoms with van der Waals surface area (Å²) in [4.78, 5) is 13.7. The molecule has 0 bridgehead atoms. The lowest BCUT2D eigenvalue weighted by molar-refractivity contribution is 0.443. The number of hydrogen-bond acceptors (Lipinski definition) is 8. The molecule has 3 N–H and O–H groups in total. The zero-order valence-corrected chi connectivity index (χ0v) is 18.2. The molecule has 4 heterocycles. The van der Waals surface area contributed by atoms with Gasteiger partial charge in [0.2, 0.25) is 0 Å². The quantitative estimate of drug-likeness (QED) is 0.435. The molecule has 1 aromatic carbocycles. The minimum absolute atomic E-state index is 0. The van der Waals surface area contributed by atoms with E-state index in [1.807, 2.05) is 12.1 Å². The number of H-pyrrole nitrogens is 1. The maximum absolute atomic E-state index is 10.5. The number of phenols is 1. The van der Waals surface area contributed by atoms with E-state index < -0.39 is 0 Å². The van der Waals surface area contributed by atoms with Gasteiger partial charge in [0.05, 0.1) is 11.8 Å². The Morgan fingerprint density at radius 1 is 1.10 bits per heavy atom. The van der Waals surface area contributed by atoms with E-state index in [0.29, 0.717) is 6.04 Å². The fourth-order valence-electron chi connectivity index (χ4n) is 3.55. The summed E-state index contributed by atoms with van der Waals surface area (Å²) in [5.41, 5.74) is 2.59. The highest BCUT2D eigenvalue weighted by atomic mass is 35.5. The predicted molar refractivity (Wildman–Crippen MR) is 122 cm³/mol. The van der Waals surface area contributed by atoms with Crippen LogP contribution < -0.4 is 10.2 Å². The molecule has 0 unspecified atom stereocenters. The number of aromatic nitrogens is 4. The van der Waals surface area contributed by atoms with Gasteiger partial charge in [-0.15, -0.1) is 12.4 Å². The number of aromatic hydroxyl groups is 1. The first-order valence-corrected chi connectivity index (χ1v) is 10.9. The van der Waals surface area contributed by atoms with Crippen LogP contribution in [0, 0.1) is 0 Å². The maximum atomic E-state index is 10.5. The lowest BCUT2D eigenvalue weighted by atomic mass is 10.1. The normalized spacial score (nSPS) is 14.8. The monoisotopic (exact) mass is 448 g/mol. The molecule has 152 valence electrons. The van der Waals surface area contributed by atoms with Gasteiger partial charge in [-0.3, -0.25) is 5.10 Å². The zero-order chi connectivity index (χ0) is 19.1. The average Bonchev–Trinajstić information content (AvgIpc) is 3.44. The Bertz CT molecular complexity index is 1070. The average molecular weight is 449 g/mol. The second-order valence-electron chi connectivity index (χ2n) is 6.94. The molecule has 10 heteroatoms. The van der Waals surface area contributed by atoms with Crippen LogP contribution in [0.1, 0.15) is 12.8 Å². The number of thiazole rings is 2. The maximum Gasteiger partial charge on any atom is 0.188 e. The number of phenolic OH excluding ortho intramolecular Hbond substituents is 1. The minimum atomic E-state index is 0. The number of aromatic amines is 1. The molecule has 1 saturated heterocycles. The van der Waals surface area contributed by atoms with Crippen LogP contribution in [0.15, 0.2) is 30.6 Å². The molecule has 5 rings (SSSR count). The topological polar surface area (TPSA) is 90.0 Å². The molecule has 7 nitrogen and oxygen atoms in total. The van der Waals surface area contributed by atoms with Crippen molar-refractivity contribution in [3.05, 3.63) is 30.6 Å². The lowest BCUT2D eigenvalue weighted by Crippen LogP contribution is -2.41. The third kappa shape index (κ3) is 3.83. The second-order valence-corrected chi connectivity index (χ2v) is 8.87. The van der Waals surface area contributed by atoms with E-state index in [-0.39, 0.29) is 18.2 Å². The van der Waals surface area contributed by atoms with Gasteiger partial charge in [-0.25, -0.2) is 9.97 Å². The first-order chi connectivity index (χ1) is 13.7. The van der Waals surface area contributed by atoms with E-state index in [0.717, 1.165) is 62.4 Å². The summed E-state index contributed by atoms with van der Waals surface area (Å²) in [5, 5.41) is 22.5. The van der Waals surface area contributed by atoms with Crippen molar-refractivity contribution in [2.24, 2.45) is 0 Å². The van der Waals surface area contributed by atoms with Crippen LogP contribution in [0.4, 0.5) is 5.13 Å². The van der Waals surface area contributed by atoms with E-state index in [9.17, 15) is 5.11 Å². The summed E-state index contributed by atoms with van der Waals surface area (Å²) in [5.74, 6) is 0.215. The van der Waals surface area contributed by atoms with Crippen LogP contribution in [-0.2, 0) is 0 Å². The number of nitrogens with zero attached hydrogens (tertiary/aromatic N) is 4. The molecular formula is C19H21ClN6OS2. The van der Waals surface area contributed by atoms with Crippen molar-refractivity contribution in [1.82, 2.24) is 25.5 Å². The molecule has 4 aromatic rings. The van der Waals surface area contributed by atoms with E-state index >= 15 is 0 Å². The zero-order valence-electron chi connectivity index (χ0n) is 15.8. The first kappa shape index (κ1) is 20.1. The van der Waals surface area contributed by atoms with Gasteiger partial charge < -0.3 is 15.3 Å². The van der Waals surface area contributed by atoms with Gasteiger partial charge in [-0.1, -0.05) is 28.7 Å². The third-order valence-corrected chi connectivity index (χ3v) is 7.33. The number of hydrogen-bond donors (Lipinski definition) is 3. The molecule has 0 saturated carbocycles. The van der Waals surface area contributed by atoms with Gasteiger partial charge in [0.25, 0.3) is 0 Å². The number of anilines is 1. The van der Waals surface area contributed by atoms with E-state index in [1.165, 1.54) is 11.3 Å².